The van der Waals surface area contributed by atoms with Crippen LogP contribution in [0.25, 0.3) is 0 Å². The fraction of sp³-hybridized carbons (Fsp3) is 0.562. The summed E-state index contributed by atoms with van der Waals surface area (Å²) in [5.74, 6) is 0.120. The molecule has 0 spiro atoms. The van der Waals surface area contributed by atoms with E-state index in [9.17, 15) is 4.79 Å². The van der Waals surface area contributed by atoms with Gasteiger partial charge >= 0.3 is 0 Å². The molecule has 1 saturated heterocycles. The summed E-state index contributed by atoms with van der Waals surface area (Å²) in [7, 11) is 0. The van der Waals surface area contributed by atoms with Crippen molar-refractivity contribution in [1.29, 1.82) is 0 Å². The van der Waals surface area contributed by atoms with Crippen LogP contribution in [0, 0.1) is 6.92 Å². The summed E-state index contributed by atoms with van der Waals surface area (Å²) in [5, 5.41) is 9.12. The molecule has 0 radical (unpaired) electrons. The van der Waals surface area contributed by atoms with Crippen molar-refractivity contribution in [3.63, 3.8) is 0 Å². The van der Waals surface area contributed by atoms with Crippen LogP contribution < -0.4 is 0 Å². The van der Waals surface area contributed by atoms with Crippen molar-refractivity contribution in [2.24, 2.45) is 0 Å². The van der Waals surface area contributed by atoms with Gasteiger partial charge in [-0.1, -0.05) is 11.6 Å². The number of aromatic nitrogens is 4. The molecular weight excluding hydrogens is 314 g/mol. The number of piperidine rings is 1. The van der Waals surface area contributed by atoms with Crippen molar-refractivity contribution >= 4 is 17.5 Å². The highest BCUT2D eigenvalue weighted by atomic mass is 35.5. The lowest BCUT2D eigenvalue weighted by Gasteiger charge is -2.36. The second-order valence-corrected chi connectivity index (χ2v) is 6.46. The number of carbonyl (C=O) groups excluding carboxylic acids is 1. The molecular formula is C16H22ClN5O. The van der Waals surface area contributed by atoms with Gasteiger partial charge in [-0.3, -0.25) is 14.2 Å². The van der Waals surface area contributed by atoms with Gasteiger partial charge in [-0.2, -0.15) is 10.2 Å². The Morgan fingerprint density at radius 3 is 2.96 bits per heavy atom. The molecule has 7 heteroatoms. The first-order chi connectivity index (χ1) is 11.1. The van der Waals surface area contributed by atoms with E-state index in [4.69, 9.17) is 11.6 Å². The van der Waals surface area contributed by atoms with Gasteiger partial charge in [-0.25, -0.2) is 0 Å². The maximum Gasteiger partial charge on any atom is 0.244 e. The van der Waals surface area contributed by atoms with Crippen LogP contribution in [0.4, 0.5) is 0 Å². The molecule has 0 N–H and O–H groups in total. The van der Waals surface area contributed by atoms with Gasteiger partial charge in [0.1, 0.15) is 6.54 Å². The summed E-state index contributed by atoms with van der Waals surface area (Å²) in [6.45, 7) is 3.77. The fourth-order valence-electron chi connectivity index (χ4n) is 3.15. The predicted octanol–water partition coefficient (Wildman–Crippen LogP) is 2.51. The summed E-state index contributed by atoms with van der Waals surface area (Å²) in [5.41, 5.74) is 0.758. The number of aryl methyl sites for hydroxylation is 2. The first-order valence-corrected chi connectivity index (χ1v) is 8.48. The SMILES string of the molecule is Cc1nn(CC(=O)N2CCCC[C@H]2CCn2cccn2)cc1Cl. The van der Waals surface area contributed by atoms with Crippen molar-refractivity contribution in [2.45, 2.75) is 51.7 Å². The van der Waals surface area contributed by atoms with E-state index in [1.54, 1.807) is 17.1 Å². The number of hydrogen-bond donors (Lipinski definition) is 0. The molecule has 124 valence electrons. The zero-order valence-electron chi connectivity index (χ0n) is 13.4. The van der Waals surface area contributed by atoms with E-state index in [1.165, 1.54) is 6.42 Å². The summed E-state index contributed by atoms with van der Waals surface area (Å²) in [4.78, 5) is 14.7. The second kappa shape index (κ2) is 7.17. The van der Waals surface area contributed by atoms with E-state index >= 15 is 0 Å². The lowest BCUT2D eigenvalue weighted by atomic mass is 9.99. The fourth-order valence-corrected chi connectivity index (χ4v) is 3.30. The lowest BCUT2D eigenvalue weighted by molar-refractivity contribution is -0.136. The summed E-state index contributed by atoms with van der Waals surface area (Å²) < 4.78 is 3.56. The first-order valence-electron chi connectivity index (χ1n) is 8.10. The van der Waals surface area contributed by atoms with Crippen molar-refractivity contribution in [1.82, 2.24) is 24.5 Å². The largest absolute Gasteiger partial charge is 0.338 e. The van der Waals surface area contributed by atoms with Crippen molar-refractivity contribution in [3.05, 3.63) is 35.4 Å². The monoisotopic (exact) mass is 335 g/mol. The smallest absolute Gasteiger partial charge is 0.244 e. The molecule has 23 heavy (non-hydrogen) atoms. The molecule has 1 fully saturated rings. The van der Waals surface area contributed by atoms with Crippen molar-refractivity contribution < 1.29 is 4.79 Å². The lowest BCUT2D eigenvalue weighted by Crippen LogP contribution is -2.45. The molecule has 3 heterocycles. The number of nitrogens with zero attached hydrogens (tertiary/aromatic N) is 5. The maximum absolute atomic E-state index is 12.7. The number of amides is 1. The van der Waals surface area contributed by atoms with E-state index in [0.717, 1.165) is 38.0 Å². The highest BCUT2D eigenvalue weighted by molar-refractivity contribution is 6.31. The molecule has 0 bridgehead atoms. The van der Waals surface area contributed by atoms with Gasteiger partial charge < -0.3 is 4.90 Å². The van der Waals surface area contributed by atoms with Gasteiger partial charge in [-0.05, 0) is 38.7 Å². The van der Waals surface area contributed by atoms with Crippen molar-refractivity contribution in [3.8, 4) is 0 Å². The minimum Gasteiger partial charge on any atom is -0.338 e. The van der Waals surface area contributed by atoms with Crippen LogP contribution in [-0.4, -0.2) is 43.0 Å². The summed E-state index contributed by atoms with van der Waals surface area (Å²) in [6.07, 6.45) is 9.72. The Bertz CT molecular complexity index is 632. The molecule has 0 aromatic carbocycles. The molecule has 1 aliphatic rings. The van der Waals surface area contributed by atoms with Crippen molar-refractivity contribution in [2.75, 3.05) is 6.54 Å². The first kappa shape index (κ1) is 16.1. The third-order valence-electron chi connectivity index (χ3n) is 4.38. The highest BCUT2D eigenvalue weighted by Gasteiger charge is 2.26. The number of likely N-dealkylation sites (tertiary alicyclic amines) is 1. The molecule has 2 aromatic rings. The third kappa shape index (κ3) is 3.93. The van der Waals surface area contributed by atoms with E-state index in [2.05, 4.69) is 10.2 Å². The molecule has 2 aromatic heterocycles. The average Bonchev–Trinajstić information content (AvgIpc) is 3.16. The van der Waals surface area contributed by atoms with E-state index < -0.39 is 0 Å². The minimum absolute atomic E-state index is 0.120. The predicted molar refractivity (Wildman–Crippen MR) is 88.2 cm³/mol. The molecule has 6 nitrogen and oxygen atoms in total. The van der Waals surface area contributed by atoms with Crippen LogP contribution in [0.15, 0.2) is 24.7 Å². The third-order valence-corrected chi connectivity index (χ3v) is 4.75. The second-order valence-electron chi connectivity index (χ2n) is 6.05. The van der Waals surface area contributed by atoms with Gasteiger partial charge in [-0.15, -0.1) is 0 Å². The quantitative estimate of drug-likeness (QED) is 0.843. The topological polar surface area (TPSA) is 56.0 Å². The van der Waals surface area contributed by atoms with Gasteiger partial charge in [0, 0.05) is 37.7 Å². The Labute approximate surface area is 141 Å². The molecule has 1 amide bonds. The number of halogens is 1. The van der Waals surface area contributed by atoms with Crippen LogP contribution in [-0.2, 0) is 17.9 Å². The molecule has 0 saturated carbocycles. The van der Waals surface area contributed by atoms with E-state index in [1.807, 2.05) is 28.8 Å². The number of hydrogen-bond acceptors (Lipinski definition) is 3. The minimum atomic E-state index is 0.120. The molecule has 0 unspecified atom stereocenters. The zero-order chi connectivity index (χ0) is 16.2. The normalized spacial score (nSPS) is 18.3. The molecule has 1 aliphatic heterocycles. The van der Waals surface area contributed by atoms with E-state index in [0.29, 0.717) is 5.02 Å². The Kier molecular flexibility index (Phi) is 5.00. The Morgan fingerprint density at radius 2 is 2.26 bits per heavy atom. The number of rotatable bonds is 5. The Balaban J connectivity index is 1.61. The average molecular weight is 336 g/mol. The summed E-state index contributed by atoms with van der Waals surface area (Å²) >= 11 is 6.02. The Hall–Kier alpha value is -1.82. The Morgan fingerprint density at radius 1 is 1.39 bits per heavy atom. The zero-order valence-corrected chi connectivity index (χ0v) is 14.1. The van der Waals surface area contributed by atoms with Crippen LogP contribution in [0.3, 0.4) is 0 Å². The standard InChI is InChI=1S/C16H22ClN5O/c1-13-15(17)11-21(19-13)12-16(23)22-9-3-2-5-14(22)6-10-20-8-4-7-18-20/h4,7-8,11,14H,2-3,5-6,9-10,12H2,1H3/t14-/m0/s1. The molecule has 3 rings (SSSR count). The molecule has 0 aliphatic carbocycles. The van der Waals surface area contributed by atoms with Gasteiger partial charge in [0.25, 0.3) is 0 Å². The van der Waals surface area contributed by atoms with E-state index in [-0.39, 0.29) is 18.5 Å². The van der Waals surface area contributed by atoms with Gasteiger partial charge in [0.05, 0.1) is 10.7 Å². The van der Waals surface area contributed by atoms with Crippen LogP contribution >= 0.6 is 11.6 Å². The number of carbonyl (C=O) groups is 1. The van der Waals surface area contributed by atoms with Crippen LogP contribution in [0.2, 0.25) is 5.02 Å². The van der Waals surface area contributed by atoms with Gasteiger partial charge in [0.15, 0.2) is 0 Å². The molecule has 1 atom stereocenters. The van der Waals surface area contributed by atoms with Crippen LogP contribution in [0.1, 0.15) is 31.4 Å². The van der Waals surface area contributed by atoms with Gasteiger partial charge in [0.2, 0.25) is 5.91 Å². The summed E-state index contributed by atoms with van der Waals surface area (Å²) in [6, 6.07) is 2.21. The maximum atomic E-state index is 12.7. The van der Waals surface area contributed by atoms with Crippen LogP contribution in [0.5, 0.6) is 0 Å². The highest BCUT2D eigenvalue weighted by Crippen LogP contribution is 2.21.